The molecule has 0 aliphatic rings. The molecule has 0 fully saturated rings. The maximum Gasteiger partial charge on any atom is 0.113 e. The van der Waals surface area contributed by atoms with Gasteiger partial charge in [0.2, 0.25) is 0 Å². The molecule has 1 N–H and O–H groups in total. The van der Waals surface area contributed by atoms with Gasteiger partial charge in [-0.2, -0.15) is 0 Å². The van der Waals surface area contributed by atoms with Gasteiger partial charge >= 0.3 is 0 Å². The summed E-state index contributed by atoms with van der Waals surface area (Å²) in [5.41, 5.74) is 0.386. The van der Waals surface area contributed by atoms with Gasteiger partial charge in [0, 0.05) is 7.11 Å². The molecule has 0 amide bonds. The van der Waals surface area contributed by atoms with Gasteiger partial charge in [0.25, 0.3) is 0 Å². The smallest absolute Gasteiger partial charge is 0.113 e. The fraction of sp³-hybridized carbons (Fsp3) is 0.286. The molecule has 2 nitrogen and oxygen atoms in total. The Labute approximate surface area is 95.5 Å². The van der Waals surface area contributed by atoms with E-state index in [4.69, 9.17) is 4.74 Å². The first kappa shape index (κ1) is 11.1. The molecule has 84 valence electrons. The summed E-state index contributed by atoms with van der Waals surface area (Å²) in [6.07, 6.45) is 0. The Kier molecular flexibility index (Phi) is 2.95. The molecule has 2 rings (SSSR count). The molecule has 2 aromatic carbocycles. The molecule has 0 saturated carbocycles. The standard InChI is InChI=1S/C14H16O2/c1-14(10-15,16-2)13-9-5-7-11-6-3-4-8-12(11)13/h3-9,15H,10H2,1-2H3. The van der Waals surface area contributed by atoms with Crippen LogP contribution in [0.15, 0.2) is 42.5 Å². The first-order chi connectivity index (χ1) is 7.71. The monoisotopic (exact) mass is 216 g/mol. The van der Waals surface area contributed by atoms with Crippen molar-refractivity contribution in [3.8, 4) is 0 Å². The van der Waals surface area contributed by atoms with Crippen molar-refractivity contribution in [1.29, 1.82) is 0 Å². The van der Waals surface area contributed by atoms with Crippen LogP contribution in [0.1, 0.15) is 12.5 Å². The number of hydrogen-bond donors (Lipinski definition) is 1. The number of benzene rings is 2. The average Bonchev–Trinajstić information content (AvgIpc) is 2.37. The molecule has 0 radical (unpaired) electrons. The highest BCUT2D eigenvalue weighted by Gasteiger charge is 2.26. The largest absolute Gasteiger partial charge is 0.393 e. The molecule has 0 aromatic heterocycles. The second-order valence-corrected chi connectivity index (χ2v) is 4.12. The predicted molar refractivity (Wildman–Crippen MR) is 65.4 cm³/mol. The van der Waals surface area contributed by atoms with E-state index < -0.39 is 5.60 Å². The Morgan fingerprint density at radius 3 is 2.50 bits per heavy atom. The Hall–Kier alpha value is -1.38. The Balaban J connectivity index is 2.69. The summed E-state index contributed by atoms with van der Waals surface area (Å²) < 4.78 is 5.43. The summed E-state index contributed by atoms with van der Waals surface area (Å²) in [5, 5.41) is 11.8. The Morgan fingerprint density at radius 1 is 1.12 bits per heavy atom. The van der Waals surface area contributed by atoms with E-state index in [-0.39, 0.29) is 6.61 Å². The molecule has 0 spiro atoms. The number of methoxy groups -OCH3 is 1. The van der Waals surface area contributed by atoms with E-state index in [1.54, 1.807) is 7.11 Å². The van der Waals surface area contributed by atoms with Gasteiger partial charge in [0.15, 0.2) is 0 Å². The third-order valence-electron chi connectivity index (χ3n) is 3.11. The number of aliphatic hydroxyl groups is 1. The van der Waals surface area contributed by atoms with Crippen LogP contribution in [0, 0.1) is 0 Å². The van der Waals surface area contributed by atoms with E-state index in [0.29, 0.717) is 0 Å². The topological polar surface area (TPSA) is 29.5 Å². The van der Waals surface area contributed by atoms with Crippen molar-refractivity contribution in [2.24, 2.45) is 0 Å². The number of aliphatic hydroxyl groups excluding tert-OH is 1. The molecule has 1 atom stereocenters. The van der Waals surface area contributed by atoms with Crippen molar-refractivity contribution in [3.63, 3.8) is 0 Å². The number of ether oxygens (including phenoxy) is 1. The zero-order valence-corrected chi connectivity index (χ0v) is 9.60. The molecule has 0 aliphatic carbocycles. The van der Waals surface area contributed by atoms with Gasteiger partial charge in [-0.25, -0.2) is 0 Å². The van der Waals surface area contributed by atoms with Crippen LogP contribution in [0.3, 0.4) is 0 Å². The summed E-state index contributed by atoms with van der Waals surface area (Å²) in [6.45, 7) is 1.87. The minimum Gasteiger partial charge on any atom is -0.393 e. The van der Waals surface area contributed by atoms with Crippen molar-refractivity contribution in [1.82, 2.24) is 0 Å². The summed E-state index contributed by atoms with van der Waals surface area (Å²) in [4.78, 5) is 0. The molecule has 2 aromatic rings. The molecule has 0 heterocycles. The third-order valence-corrected chi connectivity index (χ3v) is 3.11. The van der Waals surface area contributed by atoms with Gasteiger partial charge in [-0.15, -0.1) is 0 Å². The molecule has 0 saturated heterocycles. The van der Waals surface area contributed by atoms with Gasteiger partial charge in [-0.05, 0) is 23.3 Å². The lowest BCUT2D eigenvalue weighted by molar-refractivity contribution is -0.0411. The van der Waals surface area contributed by atoms with Gasteiger partial charge < -0.3 is 9.84 Å². The van der Waals surface area contributed by atoms with E-state index in [0.717, 1.165) is 16.3 Å². The van der Waals surface area contributed by atoms with Crippen LogP contribution in [-0.2, 0) is 10.3 Å². The zero-order valence-electron chi connectivity index (χ0n) is 9.60. The first-order valence-corrected chi connectivity index (χ1v) is 5.35. The lowest BCUT2D eigenvalue weighted by Crippen LogP contribution is -2.29. The van der Waals surface area contributed by atoms with Gasteiger partial charge in [0.1, 0.15) is 5.60 Å². The fourth-order valence-electron chi connectivity index (χ4n) is 1.95. The summed E-state index contributed by atoms with van der Waals surface area (Å²) in [5.74, 6) is 0. The van der Waals surface area contributed by atoms with Crippen molar-refractivity contribution in [3.05, 3.63) is 48.0 Å². The van der Waals surface area contributed by atoms with Crippen molar-refractivity contribution < 1.29 is 9.84 Å². The highest BCUT2D eigenvalue weighted by atomic mass is 16.5. The van der Waals surface area contributed by atoms with Gasteiger partial charge in [0.05, 0.1) is 6.61 Å². The minimum atomic E-state index is -0.638. The maximum atomic E-state index is 9.47. The third kappa shape index (κ3) is 1.70. The lowest BCUT2D eigenvalue weighted by Gasteiger charge is -2.27. The second-order valence-electron chi connectivity index (χ2n) is 4.12. The quantitative estimate of drug-likeness (QED) is 0.854. The summed E-state index contributed by atoms with van der Waals surface area (Å²) in [7, 11) is 1.62. The first-order valence-electron chi connectivity index (χ1n) is 5.35. The van der Waals surface area contributed by atoms with Crippen LogP contribution in [0.25, 0.3) is 10.8 Å². The Morgan fingerprint density at radius 2 is 1.81 bits per heavy atom. The van der Waals surface area contributed by atoms with Crippen LogP contribution < -0.4 is 0 Å². The maximum absolute atomic E-state index is 9.47. The molecule has 2 heteroatoms. The van der Waals surface area contributed by atoms with E-state index in [1.807, 2.05) is 31.2 Å². The lowest BCUT2D eigenvalue weighted by atomic mass is 9.91. The second kappa shape index (κ2) is 4.24. The SMILES string of the molecule is COC(C)(CO)c1cccc2ccccc12. The number of rotatable bonds is 3. The van der Waals surface area contributed by atoms with Crippen LogP contribution in [0.2, 0.25) is 0 Å². The van der Waals surface area contributed by atoms with Crippen LogP contribution in [-0.4, -0.2) is 18.8 Å². The molecular formula is C14H16O2. The van der Waals surface area contributed by atoms with E-state index >= 15 is 0 Å². The van der Waals surface area contributed by atoms with Gasteiger partial charge in [-0.1, -0.05) is 42.5 Å². The number of hydrogen-bond acceptors (Lipinski definition) is 2. The normalized spacial score (nSPS) is 14.9. The summed E-state index contributed by atoms with van der Waals surface area (Å²) in [6, 6.07) is 14.2. The average molecular weight is 216 g/mol. The molecule has 1 unspecified atom stereocenters. The van der Waals surface area contributed by atoms with Crippen LogP contribution in [0.5, 0.6) is 0 Å². The molecule has 0 aliphatic heterocycles. The molecular weight excluding hydrogens is 200 g/mol. The van der Waals surface area contributed by atoms with Gasteiger partial charge in [-0.3, -0.25) is 0 Å². The highest BCUT2D eigenvalue weighted by molar-refractivity contribution is 5.86. The number of fused-ring (bicyclic) bond motifs is 1. The fourth-order valence-corrected chi connectivity index (χ4v) is 1.95. The van der Waals surface area contributed by atoms with Crippen LogP contribution in [0.4, 0.5) is 0 Å². The highest BCUT2D eigenvalue weighted by Crippen LogP contribution is 2.30. The van der Waals surface area contributed by atoms with Crippen molar-refractivity contribution in [2.75, 3.05) is 13.7 Å². The predicted octanol–water partition coefficient (Wildman–Crippen LogP) is 2.69. The van der Waals surface area contributed by atoms with Crippen molar-refractivity contribution in [2.45, 2.75) is 12.5 Å². The zero-order chi connectivity index (χ0) is 11.6. The molecule has 0 bridgehead atoms. The van der Waals surface area contributed by atoms with E-state index in [2.05, 4.69) is 18.2 Å². The van der Waals surface area contributed by atoms with E-state index in [1.165, 1.54) is 0 Å². The summed E-state index contributed by atoms with van der Waals surface area (Å²) >= 11 is 0. The minimum absolute atomic E-state index is 0.0303. The van der Waals surface area contributed by atoms with Crippen molar-refractivity contribution >= 4 is 10.8 Å². The van der Waals surface area contributed by atoms with Crippen LogP contribution >= 0.6 is 0 Å². The van der Waals surface area contributed by atoms with E-state index in [9.17, 15) is 5.11 Å². The molecule has 16 heavy (non-hydrogen) atoms. The Bertz CT molecular complexity index is 482.